The van der Waals surface area contributed by atoms with Crippen molar-refractivity contribution in [2.45, 2.75) is 37.7 Å². The quantitative estimate of drug-likeness (QED) is 0.898. The maximum atomic E-state index is 13.6. The summed E-state index contributed by atoms with van der Waals surface area (Å²) < 4.78 is 54.3. The summed E-state index contributed by atoms with van der Waals surface area (Å²) in [5.74, 6) is -3.16. The minimum absolute atomic E-state index is 0.251. The Bertz CT molecular complexity index is 527. The van der Waals surface area contributed by atoms with Gasteiger partial charge < -0.3 is 4.74 Å². The number of sulfonamides is 1. The monoisotopic (exact) mass is 279 g/mol. The minimum atomic E-state index is -4.28. The van der Waals surface area contributed by atoms with Crippen LogP contribution in [0.3, 0.4) is 0 Å². The highest BCUT2D eigenvalue weighted by atomic mass is 32.2. The van der Waals surface area contributed by atoms with Crippen molar-refractivity contribution in [3.05, 3.63) is 23.8 Å². The fourth-order valence-electron chi connectivity index (χ4n) is 1.46. The fourth-order valence-corrected chi connectivity index (χ4v) is 2.06. The van der Waals surface area contributed by atoms with Gasteiger partial charge >= 0.3 is 0 Å². The van der Waals surface area contributed by atoms with E-state index in [0.29, 0.717) is 12.8 Å². The summed E-state index contributed by atoms with van der Waals surface area (Å²) in [4.78, 5) is -0.878. The summed E-state index contributed by atoms with van der Waals surface area (Å²) in [6.45, 7) is 3.70. The fraction of sp³-hybridized carbons (Fsp3) is 0.455. The number of primary sulfonamides is 1. The van der Waals surface area contributed by atoms with Crippen molar-refractivity contribution in [1.29, 1.82) is 0 Å². The molecule has 0 aromatic heterocycles. The van der Waals surface area contributed by atoms with Gasteiger partial charge in [-0.25, -0.2) is 17.9 Å². The Balaban J connectivity index is 3.16. The van der Waals surface area contributed by atoms with Gasteiger partial charge in [0.25, 0.3) is 0 Å². The van der Waals surface area contributed by atoms with Crippen molar-refractivity contribution in [2.24, 2.45) is 5.14 Å². The molecule has 18 heavy (non-hydrogen) atoms. The molecule has 0 radical (unpaired) electrons. The lowest BCUT2D eigenvalue weighted by molar-refractivity contribution is 0.182. The Kier molecular flexibility index (Phi) is 4.64. The van der Waals surface area contributed by atoms with Crippen molar-refractivity contribution >= 4 is 10.0 Å². The van der Waals surface area contributed by atoms with E-state index in [1.807, 2.05) is 13.8 Å². The minimum Gasteiger partial charge on any atom is -0.487 e. The highest BCUT2D eigenvalue weighted by molar-refractivity contribution is 7.89. The predicted octanol–water partition coefficient (Wildman–Crippen LogP) is 2.18. The second kappa shape index (κ2) is 5.62. The van der Waals surface area contributed by atoms with E-state index in [1.54, 1.807) is 0 Å². The van der Waals surface area contributed by atoms with E-state index in [9.17, 15) is 17.2 Å². The number of nitrogens with two attached hydrogens (primary N) is 1. The Morgan fingerprint density at radius 1 is 1.22 bits per heavy atom. The first kappa shape index (κ1) is 14.8. The molecule has 4 nitrogen and oxygen atoms in total. The van der Waals surface area contributed by atoms with Gasteiger partial charge in [-0.2, -0.15) is 4.39 Å². The molecule has 1 aromatic rings. The average molecular weight is 279 g/mol. The molecule has 2 N–H and O–H groups in total. The molecule has 0 aliphatic rings. The van der Waals surface area contributed by atoms with Crippen LogP contribution in [-0.2, 0) is 10.0 Å². The van der Waals surface area contributed by atoms with E-state index in [4.69, 9.17) is 9.88 Å². The molecule has 7 heteroatoms. The SMILES string of the molecule is CCC(CC)Oc1ccc(S(N)(=O)=O)c(F)c1F. The van der Waals surface area contributed by atoms with Crippen LogP contribution in [0.15, 0.2) is 17.0 Å². The normalized spacial score (nSPS) is 11.9. The third-order valence-electron chi connectivity index (χ3n) is 2.52. The summed E-state index contributed by atoms with van der Waals surface area (Å²) in [7, 11) is -4.28. The molecule has 0 atom stereocenters. The smallest absolute Gasteiger partial charge is 0.241 e. The zero-order valence-electron chi connectivity index (χ0n) is 10.1. The molecule has 1 rings (SSSR count). The topological polar surface area (TPSA) is 69.4 Å². The van der Waals surface area contributed by atoms with E-state index in [-0.39, 0.29) is 11.9 Å². The van der Waals surface area contributed by atoms with Gasteiger partial charge in [-0.05, 0) is 25.0 Å². The molecule has 0 spiro atoms. The highest BCUT2D eigenvalue weighted by Gasteiger charge is 2.22. The number of benzene rings is 1. The second-order valence-corrected chi connectivity index (χ2v) is 5.32. The molecule has 0 heterocycles. The number of hydrogen-bond donors (Lipinski definition) is 1. The summed E-state index contributed by atoms with van der Waals surface area (Å²) >= 11 is 0. The van der Waals surface area contributed by atoms with Gasteiger partial charge in [-0.3, -0.25) is 0 Å². The van der Waals surface area contributed by atoms with E-state index >= 15 is 0 Å². The van der Waals surface area contributed by atoms with Gasteiger partial charge in [0.15, 0.2) is 11.6 Å². The van der Waals surface area contributed by atoms with Crippen molar-refractivity contribution in [2.75, 3.05) is 0 Å². The average Bonchev–Trinajstić information content (AvgIpc) is 2.29. The Hall–Kier alpha value is -1.21. The molecule has 0 amide bonds. The van der Waals surface area contributed by atoms with Crippen LogP contribution >= 0.6 is 0 Å². The maximum Gasteiger partial charge on any atom is 0.241 e. The van der Waals surface area contributed by atoms with Gasteiger partial charge in [0.2, 0.25) is 15.8 Å². The lowest BCUT2D eigenvalue weighted by atomic mass is 10.2. The van der Waals surface area contributed by atoms with Gasteiger partial charge in [-0.1, -0.05) is 13.8 Å². The first-order valence-electron chi connectivity index (χ1n) is 5.48. The molecular weight excluding hydrogens is 264 g/mol. The molecule has 102 valence electrons. The number of halogens is 2. The standard InChI is InChI=1S/C11H15F2NO3S/c1-3-7(4-2)17-8-5-6-9(18(14,15)16)11(13)10(8)12/h5-7H,3-4H2,1-2H3,(H2,14,15,16). The molecule has 0 fully saturated rings. The second-order valence-electron chi connectivity index (χ2n) is 3.79. The van der Waals surface area contributed by atoms with Crippen LogP contribution in [0.25, 0.3) is 0 Å². The molecule has 0 unspecified atom stereocenters. The summed E-state index contributed by atoms with van der Waals surface area (Å²) in [5, 5.41) is 4.75. The zero-order valence-corrected chi connectivity index (χ0v) is 10.9. The molecule has 0 aliphatic heterocycles. The van der Waals surface area contributed by atoms with Crippen LogP contribution in [0.2, 0.25) is 0 Å². The van der Waals surface area contributed by atoms with Gasteiger partial charge in [0, 0.05) is 0 Å². The zero-order chi connectivity index (χ0) is 13.9. The molecular formula is C11H15F2NO3S. The molecule has 0 bridgehead atoms. The van der Waals surface area contributed by atoms with Crippen molar-refractivity contribution in [3.8, 4) is 5.75 Å². The maximum absolute atomic E-state index is 13.6. The summed E-state index contributed by atoms with van der Waals surface area (Å²) in [6.07, 6.45) is 1.02. The number of ether oxygens (including phenoxy) is 1. The predicted molar refractivity (Wildman–Crippen MR) is 62.7 cm³/mol. The first-order valence-corrected chi connectivity index (χ1v) is 7.03. The van der Waals surface area contributed by atoms with Crippen molar-refractivity contribution in [1.82, 2.24) is 0 Å². The highest BCUT2D eigenvalue weighted by Crippen LogP contribution is 2.26. The third kappa shape index (κ3) is 3.17. The van der Waals surface area contributed by atoms with E-state index < -0.39 is 26.6 Å². The number of rotatable bonds is 5. The molecule has 0 saturated carbocycles. The van der Waals surface area contributed by atoms with E-state index in [2.05, 4.69) is 0 Å². The lowest BCUT2D eigenvalue weighted by Crippen LogP contribution is -2.17. The van der Waals surface area contributed by atoms with Crippen LogP contribution in [-0.4, -0.2) is 14.5 Å². The van der Waals surface area contributed by atoms with Crippen LogP contribution in [0, 0.1) is 11.6 Å². The van der Waals surface area contributed by atoms with Gasteiger partial charge in [0.1, 0.15) is 4.90 Å². The Morgan fingerprint density at radius 3 is 2.22 bits per heavy atom. The van der Waals surface area contributed by atoms with E-state index in [1.165, 1.54) is 0 Å². The first-order chi connectivity index (χ1) is 8.31. The Morgan fingerprint density at radius 2 is 1.78 bits per heavy atom. The van der Waals surface area contributed by atoms with Crippen LogP contribution < -0.4 is 9.88 Å². The van der Waals surface area contributed by atoms with Crippen LogP contribution in [0.4, 0.5) is 8.78 Å². The molecule has 1 aromatic carbocycles. The van der Waals surface area contributed by atoms with E-state index in [0.717, 1.165) is 12.1 Å². The largest absolute Gasteiger partial charge is 0.487 e. The van der Waals surface area contributed by atoms with Crippen molar-refractivity contribution in [3.63, 3.8) is 0 Å². The lowest BCUT2D eigenvalue weighted by Gasteiger charge is -2.16. The summed E-state index contributed by atoms with van der Waals surface area (Å²) in [6, 6.07) is 1.96. The van der Waals surface area contributed by atoms with Crippen LogP contribution in [0.1, 0.15) is 26.7 Å². The molecule has 0 aliphatic carbocycles. The van der Waals surface area contributed by atoms with Crippen molar-refractivity contribution < 1.29 is 21.9 Å². The molecule has 0 saturated heterocycles. The van der Waals surface area contributed by atoms with Gasteiger partial charge in [-0.15, -0.1) is 0 Å². The van der Waals surface area contributed by atoms with Gasteiger partial charge in [0.05, 0.1) is 6.10 Å². The number of hydrogen-bond acceptors (Lipinski definition) is 3. The Labute approximate surface area is 105 Å². The summed E-state index contributed by atoms with van der Waals surface area (Å²) in [5.41, 5.74) is 0. The third-order valence-corrected chi connectivity index (χ3v) is 3.45. The van der Waals surface area contributed by atoms with Crippen LogP contribution in [0.5, 0.6) is 5.75 Å².